The van der Waals surface area contributed by atoms with E-state index in [0.29, 0.717) is 12.5 Å². The SMILES string of the molecule is CC(C)CNCc1cccc(Cl)c1N(C)Cc1ccco1. The average molecular weight is 307 g/mol. The van der Waals surface area contributed by atoms with E-state index in [1.165, 1.54) is 5.56 Å². The van der Waals surface area contributed by atoms with E-state index < -0.39 is 0 Å². The van der Waals surface area contributed by atoms with Crippen molar-refractivity contribution in [1.29, 1.82) is 0 Å². The fourth-order valence-corrected chi connectivity index (χ4v) is 2.68. The van der Waals surface area contributed by atoms with Crippen molar-refractivity contribution in [2.24, 2.45) is 5.92 Å². The van der Waals surface area contributed by atoms with Crippen LogP contribution in [0.4, 0.5) is 5.69 Å². The van der Waals surface area contributed by atoms with Crippen LogP contribution in [0.25, 0.3) is 0 Å². The third-order valence-electron chi connectivity index (χ3n) is 3.29. The van der Waals surface area contributed by atoms with Crippen LogP contribution in [-0.2, 0) is 13.1 Å². The molecule has 0 saturated heterocycles. The summed E-state index contributed by atoms with van der Waals surface area (Å²) in [6.07, 6.45) is 1.70. The van der Waals surface area contributed by atoms with Crippen molar-refractivity contribution >= 4 is 17.3 Å². The Labute approximate surface area is 131 Å². The number of halogens is 1. The highest BCUT2D eigenvalue weighted by Crippen LogP contribution is 2.30. The third kappa shape index (κ3) is 4.51. The summed E-state index contributed by atoms with van der Waals surface area (Å²) in [4.78, 5) is 2.13. The minimum absolute atomic E-state index is 0.633. The van der Waals surface area contributed by atoms with Gasteiger partial charge < -0.3 is 14.6 Å². The van der Waals surface area contributed by atoms with Gasteiger partial charge in [-0.15, -0.1) is 0 Å². The zero-order valence-electron chi connectivity index (χ0n) is 12.9. The zero-order chi connectivity index (χ0) is 15.2. The molecule has 1 heterocycles. The summed E-state index contributed by atoms with van der Waals surface area (Å²) in [6.45, 7) is 6.92. The van der Waals surface area contributed by atoms with Crippen LogP contribution in [0.3, 0.4) is 0 Å². The summed E-state index contributed by atoms with van der Waals surface area (Å²) in [5.41, 5.74) is 2.27. The fourth-order valence-electron chi connectivity index (χ4n) is 2.34. The van der Waals surface area contributed by atoms with E-state index in [-0.39, 0.29) is 0 Å². The molecule has 3 nitrogen and oxygen atoms in total. The van der Waals surface area contributed by atoms with Gasteiger partial charge in [-0.1, -0.05) is 37.6 Å². The molecule has 1 N–H and O–H groups in total. The lowest BCUT2D eigenvalue weighted by Crippen LogP contribution is -2.23. The van der Waals surface area contributed by atoms with Gasteiger partial charge in [0.2, 0.25) is 0 Å². The molecular weight excluding hydrogens is 284 g/mol. The predicted octanol–water partition coefficient (Wildman–Crippen LogP) is 4.32. The van der Waals surface area contributed by atoms with Gasteiger partial charge in [-0.05, 0) is 36.2 Å². The Morgan fingerprint density at radius 2 is 2.05 bits per heavy atom. The number of anilines is 1. The molecular formula is C17H23ClN2O. The molecule has 2 aromatic rings. The zero-order valence-corrected chi connectivity index (χ0v) is 13.7. The maximum Gasteiger partial charge on any atom is 0.123 e. The van der Waals surface area contributed by atoms with E-state index in [0.717, 1.165) is 29.6 Å². The molecule has 0 unspecified atom stereocenters. The number of hydrogen-bond donors (Lipinski definition) is 1. The lowest BCUT2D eigenvalue weighted by molar-refractivity contribution is 0.507. The van der Waals surface area contributed by atoms with Crippen molar-refractivity contribution in [2.45, 2.75) is 26.9 Å². The van der Waals surface area contributed by atoms with E-state index in [9.17, 15) is 0 Å². The molecule has 1 aromatic carbocycles. The summed E-state index contributed by atoms with van der Waals surface area (Å²) in [7, 11) is 2.04. The van der Waals surface area contributed by atoms with Gasteiger partial charge >= 0.3 is 0 Å². The minimum atomic E-state index is 0.633. The molecule has 0 aliphatic carbocycles. The monoisotopic (exact) mass is 306 g/mol. The van der Waals surface area contributed by atoms with Crippen LogP contribution < -0.4 is 10.2 Å². The Morgan fingerprint density at radius 1 is 1.24 bits per heavy atom. The molecule has 1 aromatic heterocycles. The first-order valence-electron chi connectivity index (χ1n) is 7.29. The molecule has 2 rings (SSSR count). The number of nitrogens with one attached hydrogen (secondary N) is 1. The number of furan rings is 1. The highest BCUT2D eigenvalue weighted by molar-refractivity contribution is 6.33. The molecule has 0 amide bonds. The van der Waals surface area contributed by atoms with Gasteiger partial charge in [-0.3, -0.25) is 0 Å². The van der Waals surface area contributed by atoms with E-state index in [1.54, 1.807) is 6.26 Å². The normalized spacial score (nSPS) is 11.1. The molecule has 0 radical (unpaired) electrons. The predicted molar refractivity (Wildman–Crippen MR) is 88.8 cm³/mol. The molecule has 0 bridgehead atoms. The quantitative estimate of drug-likeness (QED) is 0.826. The molecule has 0 aliphatic rings. The average Bonchev–Trinajstić information content (AvgIpc) is 2.91. The highest BCUT2D eigenvalue weighted by Gasteiger charge is 2.13. The van der Waals surface area contributed by atoms with Crippen molar-refractivity contribution in [3.8, 4) is 0 Å². The highest BCUT2D eigenvalue weighted by atomic mass is 35.5. The first-order chi connectivity index (χ1) is 10.1. The van der Waals surface area contributed by atoms with Crippen LogP contribution in [0.15, 0.2) is 41.0 Å². The first-order valence-corrected chi connectivity index (χ1v) is 7.67. The second-order valence-corrected chi connectivity index (χ2v) is 6.11. The lowest BCUT2D eigenvalue weighted by atomic mass is 10.1. The number of hydrogen-bond acceptors (Lipinski definition) is 3. The molecule has 0 fully saturated rings. The van der Waals surface area contributed by atoms with Gasteiger partial charge in [0.15, 0.2) is 0 Å². The Kier molecular flexibility index (Phi) is 5.71. The summed E-state index contributed by atoms with van der Waals surface area (Å²) in [6, 6.07) is 9.93. The molecule has 114 valence electrons. The molecule has 0 atom stereocenters. The number of nitrogens with zero attached hydrogens (tertiary/aromatic N) is 1. The third-order valence-corrected chi connectivity index (χ3v) is 3.60. The number of rotatable bonds is 7. The van der Waals surface area contributed by atoms with Crippen molar-refractivity contribution in [1.82, 2.24) is 5.32 Å². The van der Waals surface area contributed by atoms with Crippen molar-refractivity contribution in [3.63, 3.8) is 0 Å². The fraction of sp³-hybridized carbons (Fsp3) is 0.412. The van der Waals surface area contributed by atoms with Gasteiger partial charge in [0.1, 0.15) is 5.76 Å². The van der Waals surface area contributed by atoms with Crippen molar-refractivity contribution < 1.29 is 4.42 Å². The lowest BCUT2D eigenvalue weighted by Gasteiger charge is -2.23. The van der Waals surface area contributed by atoms with Crippen LogP contribution >= 0.6 is 11.6 Å². The van der Waals surface area contributed by atoms with E-state index in [2.05, 4.69) is 30.1 Å². The minimum Gasteiger partial charge on any atom is -0.467 e. The van der Waals surface area contributed by atoms with Crippen LogP contribution in [0.2, 0.25) is 5.02 Å². The van der Waals surface area contributed by atoms with Gasteiger partial charge in [0.05, 0.1) is 23.5 Å². The standard InChI is InChI=1S/C17H23ClN2O/c1-13(2)10-19-11-14-6-4-8-16(18)17(14)20(3)12-15-7-5-9-21-15/h4-9,13,19H,10-12H2,1-3H3. The van der Waals surface area contributed by atoms with Gasteiger partial charge in [0, 0.05) is 13.6 Å². The molecule has 0 saturated carbocycles. The second-order valence-electron chi connectivity index (χ2n) is 5.71. The molecule has 0 aliphatic heterocycles. The van der Waals surface area contributed by atoms with E-state index >= 15 is 0 Å². The summed E-state index contributed by atoms with van der Waals surface area (Å²) < 4.78 is 5.42. The van der Waals surface area contributed by atoms with Crippen LogP contribution in [0.5, 0.6) is 0 Å². The van der Waals surface area contributed by atoms with Gasteiger partial charge in [-0.25, -0.2) is 0 Å². The topological polar surface area (TPSA) is 28.4 Å². The van der Waals surface area contributed by atoms with Crippen molar-refractivity contribution in [2.75, 3.05) is 18.5 Å². The smallest absolute Gasteiger partial charge is 0.123 e. The van der Waals surface area contributed by atoms with E-state index in [1.807, 2.05) is 31.3 Å². The number of para-hydroxylation sites is 1. The molecule has 0 spiro atoms. The number of benzene rings is 1. The summed E-state index contributed by atoms with van der Waals surface area (Å²) in [5, 5.41) is 4.24. The summed E-state index contributed by atoms with van der Waals surface area (Å²) in [5.74, 6) is 1.56. The molecule has 21 heavy (non-hydrogen) atoms. The van der Waals surface area contributed by atoms with Gasteiger partial charge in [0.25, 0.3) is 0 Å². The maximum absolute atomic E-state index is 6.41. The molecule has 4 heteroatoms. The van der Waals surface area contributed by atoms with E-state index in [4.69, 9.17) is 16.0 Å². The Bertz CT molecular complexity index is 552. The second kappa shape index (κ2) is 7.53. The van der Waals surface area contributed by atoms with Gasteiger partial charge in [-0.2, -0.15) is 0 Å². The summed E-state index contributed by atoms with van der Waals surface area (Å²) >= 11 is 6.41. The largest absolute Gasteiger partial charge is 0.467 e. The van der Waals surface area contributed by atoms with Crippen molar-refractivity contribution in [3.05, 3.63) is 52.9 Å². The Hall–Kier alpha value is -1.45. The van der Waals surface area contributed by atoms with Crippen LogP contribution in [-0.4, -0.2) is 13.6 Å². The Balaban J connectivity index is 2.12. The van der Waals surface area contributed by atoms with Crippen LogP contribution in [0.1, 0.15) is 25.2 Å². The maximum atomic E-state index is 6.41. The first kappa shape index (κ1) is 15.9. The van der Waals surface area contributed by atoms with Crippen LogP contribution in [0, 0.1) is 5.92 Å². The Morgan fingerprint density at radius 3 is 2.71 bits per heavy atom.